The van der Waals surface area contributed by atoms with Crippen LogP contribution in [0.4, 0.5) is 5.82 Å². The number of aryl methyl sites for hydroxylation is 1. The van der Waals surface area contributed by atoms with E-state index in [2.05, 4.69) is 36.2 Å². The molecule has 0 spiro atoms. The fourth-order valence-corrected chi connectivity index (χ4v) is 1.22. The fourth-order valence-electron chi connectivity index (χ4n) is 1.22. The molecular weight excluding hydrogens is 190 g/mol. The van der Waals surface area contributed by atoms with E-state index in [4.69, 9.17) is 5.21 Å². The predicted molar refractivity (Wildman–Crippen MR) is 61.7 cm³/mol. The number of nitrogens with one attached hydrogen (secondary N) is 1. The molecule has 0 amide bonds. The first kappa shape index (κ1) is 11.5. The third-order valence-corrected chi connectivity index (χ3v) is 1.83. The second kappa shape index (κ2) is 4.29. The van der Waals surface area contributed by atoms with Gasteiger partial charge in [0, 0.05) is 16.8 Å². The van der Waals surface area contributed by atoms with E-state index in [0.29, 0.717) is 0 Å². The number of anilines is 1. The molecule has 0 aliphatic rings. The zero-order chi connectivity index (χ0) is 11.5. The molecule has 1 aromatic heterocycles. The summed E-state index contributed by atoms with van der Waals surface area (Å²) < 4.78 is 0. The Kier molecular flexibility index (Phi) is 3.29. The lowest BCUT2D eigenvalue weighted by Crippen LogP contribution is -2.26. The van der Waals surface area contributed by atoms with E-state index in [-0.39, 0.29) is 5.54 Å². The SMILES string of the molecule is Cc1nc(NC(C)(C)C)ccc1/C=N/O. The Morgan fingerprint density at radius 1 is 1.40 bits per heavy atom. The molecule has 0 atom stereocenters. The van der Waals surface area contributed by atoms with Crippen molar-refractivity contribution >= 4 is 12.0 Å². The highest BCUT2D eigenvalue weighted by molar-refractivity contribution is 5.80. The number of hydrogen-bond donors (Lipinski definition) is 2. The molecule has 0 unspecified atom stereocenters. The standard InChI is InChI=1S/C11H17N3O/c1-8-9(7-12-15)5-6-10(13-8)14-11(2,3)4/h5-7,15H,1-4H3,(H,13,14)/b12-7+. The van der Waals surface area contributed by atoms with Gasteiger partial charge in [-0.1, -0.05) is 5.16 Å². The summed E-state index contributed by atoms with van der Waals surface area (Å²) in [6, 6.07) is 3.74. The summed E-state index contributed by atoms with van der Waals surface area (Å²) in [5.41, 5.74) is 1.64. The lowest BCUT2D eigenvalue weighted by atomic mass is 10.1. The van der Waals surface area contributed by atoms with Gasteiger partial charge in [0.25, 0.3) is 0 Å². The average molecular weight is 207 g/mol. The first-order chi connectivity index (χ1) is 6.92. The summed E-state index contributed by atoms with van der Waals surface area (Å²) in [5, 5.41) is 14.7. The van der Waals surface area contributed by atoms with Crippen molar-refractivity contribution in [1.29, 1.82) is 0 Å². The van der Waals surface area contributed by atoms with E-state index in [9.17, 15) is 0 Å². The second-order valence-corrected chi connectivity index (χ2v) is 4.49. The monoisotopic (exact) mass is 207 g/mol. The number of pyridine rings is 1. The van der Waals surface area contributed by atoms with Crippen LogP contribution in [0.5, 0.6) is 0 Å². The third-order valence-electron chi connectivity index (χ3n) is 1.83. The molecule has 1 rings (SSSR count). The van der Waals surface area contributed by atoms with E-state index in [1.54, 1.807) is 0 Å². The van der Waals surface area contributed by atoms with Crippen LogP contribution in [-0.2, 0) is 0 Å². The Balaban J connectivity index is 2.92. The molecule has 2 N–H and O–H groups in total. The zero-order valence-corrected chi connectivity index (χ0v) is 9.57. The summed E-state index contributed by atoms with van der Waals surface area (Å²) >= 11 is 0. The Bertz CT molecular complexity index is 367. The zero-order valence-electron chi connectivity index (χ0n) is 9.57. The van der Waals surface area contributed by atoms with Crippen molar-refractivity contribution in [2.24, 2.45) is 5.16 Å². The van der Waals surface area contributed by atoms with Crippen LogP contribution in [0.25, 0.3) is 0 Å². The summed E-state index contributed by atoms with van der Waals surface area (Å²) in [4.78, 5) is 4.36. The maximum Gasteiger partial charge on any atom is 0.126 e. The summed E-state index contributed by atoms with van der Waals surface area (Å²) in [6.45, 7) is 8.11. The number of nitrogens with zero attached hydrogens (tertiary/aromatic N) is 2. The highest BCUT2D eigenvalue weighted by Gasteiger charge is 2.10. The van der Waals surface area contributed by atoms with E-state index < -0.39 is 0 Å². The minimum atomic E-state index is -0.00791. The van der Waals surface area contributed by atoms with E-state index in [1.165, 1.54) is 6.21 Å². The number of rotatable bonds is 2. The Morgan fingerprint density at radius 3 is 2.53 bits per heavy atom. The molecule has 4 nitrogen and oxygen atoms in total. The van der Waals surface area contributed by atoms with Gasteiger partial charge < -0.3 is 10.5 Å². The molecule has 0 bridgehead atoms. The molecule has 1 aromatic rings. The fraction of sp³-hybridized carbons (Fsp3) is 0.455. The Labute approximate surface area is 90.0 Å². The molecule has 0 aliphatic heterocycles. The molecule has 0 fully saturated rings. The highest BCUT2D eigenvalue weighted by atomic mass is 16.4. The van der Waals surface area contributed by atoms with Gasteiger partial charge >= 0.3 is 0 Å². The van der Waals surface area contributed by atoms with Crippen molar-refractivity contribution in [3.05, 3.63) is 23.4 Å². The molecule has 0 aromatic carbocycles. The lowest BCUT2D eigenvalue weighted by molar-refractivity contribution is 0.322. The van der Waals surface area contributed by atoms with Crippen LogP contribution >= 0.6 is 0 Å². The molecular formula is C11H17N3O. The largest absolute Gasteiger partial charge is 0.411 e. The average Bonchev–Trinajstić information content (AvgIpc) is 2.07. The van der Waals surface area contributed by atoms with Crippen LogP contribution in [0.2, 0.25) is 0 Å². The molecule has 0 radical (unpaired) electrons. The van der Waals surface area contributed by atoms with Crippen LogP contribution in [0.3, 0.4) is 0 Å². The van der Waals surface area contributed by atoms with Crippen LogP contribution < -0.4 is 5.32 Å². The van der Waals surface area contributed by atoms with Gasteiger partial charge in [-0.25, -0.2) is 4.98 Å². The number of hydrogen-bond acceptors (Lipinski definition) is 4. The van der Waals surface area contributed by atoms with E-state index in [0.717, 1.165) is 17.1 Å². The molecule has 82 valence electrons. The quantitative estimate of drug-likeness (QED) is 0.445. The minimum Gasteiger partial charge on any atom is -0.411 e. The van der Waals surface area contributed by atoms with Crippen molar-refractivity contribution in [2.45, 2.75) is 33.2 Å². The first-order valence-electron chi connectivity index (χ1n) is 4.85. The Hall–Kier alpha value is -1.58. The molecule has 1 heterocycles. The van der Waals surface area contributed by atoms with Crippen molar-refractivity contribution in [3.63, 3.8) is 0 Å². The lowest BCUT2D eigenvalue weighted by Gasteiger charge is -2.21. The molecule has 0 aliphatic carbocycles. The van der Waals surface area contributed by atoms with E-state index in [1.807, 2.05) is 19.1 Å². The van der Waals surface area contributed by atoms with Gasteiger partial charge in [-0.05, 0) is 39.8 Å². The predicted octanol–water partition coefficient (Wildman–Crippen LogP) is 2.41. The third kappa shape index (κ3) is 3.58. The topological polar surface area (TPSA) is 57.5 Å². The number of oxime groups is 1. The van der Waals surface area contributed by atoms with Crippen molar-refractivity contribution in [1.82, 2.24) is 4.98 Å². The summed E-state index contributed by atoms with van der Waals surface area (Å²) in [6.07, 6.45) is 1.38. The van der Waals surface area contributed by atoms with Gasteiger partial charge in [-0.15, -0.1) is 0 Å². The minimum absolute atomic E-state index is 0.00791. The summed E-state index contributed by atoms with van der Waals surface area (Å²) in [5.74, 6) is 0.829. The molecule has 0 saturated heterocycles. The molecule has 15 heavy (non-hydrogen) atoms. The summed E-state index contributed by atoms with van der Waals surface area (Å²) in [7, 11) is 0. The number of aromatic nitrogens is 1. The first-order valence-corrected chi connectivity index (χ1v) is 4.85. The maximum atomic E-state index is 8.43. The van der Waals surface area contributed by atoms with Crippen molar-refractivity contribution in [3.8, 4) is 0 Å². The van der Waals surface area contributed by atoms with Crippen molar-refractivity contribution < 1.29 is 5.21 Å². The highest BCUT2D eigenvalue weighted by Crippen LogP contribution is 2.14. The normalized spacial score (nSPS) is 12.0. The Morgan fingerprint density at radius 2 is 2.07 bits per heavy atom. The van der Waals surface area contributed by atoms with Crippen LogP contribution in [0, 0.1) is 6.92 Å². The van der Waals surface area contributed by atoms with Crippen LogP contribution in [-0.4, -0.2) is 21.9 Å². The second-order valence-electron chi connectivity index (χ2n) is 4.49. The molecule has 4 heteroatoms. The van der Waals surface area contributed by atoms with Gasteiger partial charge in [0.1, 0.15) is 5.82 Å². The van der Waals surface area contributed by atoms with Gasteiger partial charge in [0.15, 0.2) is 0 Å². The van der Waals surface area contributed by atoms with Gasteiger partial charge in [0.05, 0.1) is 6.21 Å². The smallest absolute Gasteiger partial charge is 0.126 e. The van der Waals surface area contributed by atoms with Crippen LogP contribution in [0.15, 0.2) is 17.3 Å². The van der Waals surface area contributed by atoms with E-state index >= 15 is 0 Å². The molecule has 0 saturated carbocycles. The van der Waals surface area contributed by atoms with Gasteiger partial charge in [-0.3, -0.25) is 0 Å². The van der Waals surface area contributed by atoms with Gasteiger partial charge in [0.2, 0.25) is 0 Å². The maximum absolute atomic E-state index is 8.43. The van der Waals surface area contributed by atoms with Crippen molar-refractivity contribution in [2.75, 3.05) is 5.32 Å². The van der Waals surface area contributed by atoms with Crippen LogP contribution in [0.1, 0.15) is 32.0 Å². The van der Waals surface area contributed by atoms with Gasteiger partial charge in [-0.2, -0.15) is 0 Å².